The van der Waals surface area contributed by atoms with E-state index in [-0.39, 0.29) is 56.9 Å². The fourth-order valence-corrected chi connectivity index (χ4v) is 7.32. The van der Waals surface area contributed by atoms with Crippen LogP contribution >= 0.6 is 0 Å². The number of carboxylic acid groups (broad SMARTS) is 1. The number of carbonyl (C=O) groups excluding carboxylic acids is 6. The molecule has 66 heavy (non-hydrogen) atoms. The first-order valence-corrected chi connectivity index (χ1v) is 20.6. The quantitative estimate of drug-likeness (QED) is 0.111. The Labute approximate surface area is 376 Å². The molecule has 13 N–H and O–H groups in total. The van der Waals surface area contributed by atoms with Crippen LogP contribution in [-0.2, 0) is 33.6 Å². The Kier molecular flexibility index (Phi) is 14.7. The molecule has 6 amide bonds. The van der Waals surface area contributed by atoms with Gasteiger partial charge in [0, 0.05) is 0 Å². The number of nitrogens with one attached hydrogen (secondary N) is 6. The summed E-state index contributed by atoms with van der Waals surface area (Å²) in [5.41, 5.74) is 5.47. The van der Waals surface area contributed by atoms with Crippen molar-refractivity contribution >= 4 is 41.4 Å². The minimum Gasteiger partial charge on any atom is -0.508 e. The second kappa shape index (κ2) is 20.4. The monoisotopic (exact) mass is 911 g/mol. The van der Waals surface area contributed by atoms with E-state index in [1.807, 2.05) is 13.8 Å². The van der Waals surface area contributed by atoms with Crippen molar-refractivity contribution in [1.29, 1.82) is 0 Å². The SMILES string of the molecule is CNC(CC(C)C)C(=O)NC1C(=O)NC(CC(N)=O)C(=O)NC2C(=O)NC(c3ccc(O)cc3)C(=O)NC(C(=O)O)C(O)c3ccc(cc3)Oc3cc2cc(c3O)Oc2ccc(cc2)C1O. The highest BCUT2D eigenvalue weighted by Gasteiger charge is 2.39. The van der Waals surface area contributed by atoms with E-state index >= 15 is 0 Å². The fourth-order valence-electron chi connectivity index (χ4n) is 7.32. The summed E-state index contributed by atoms with van der Waals surface area (Å²) in [7, 11) is 1.53. The van der Waals surface area contributed by atoms with Crippen molar-refractivity contribution in [2.75, 3.05) is 7.05 Å². The number of hydrogen-bond donors (Lipinski definition) is 12. The van der Waals surface area contributed by atoms with Crippen molar-refractivity contribution in [1.82, 2.24) is 31.9 Å². The van der Waals surface area contributed by atoms with Gasteiger partial charge in [0.2, 0.25) is 41.2 Å². The van der Waals surface area contributed by atoms with E-state index < -0.39 is 102 Å². The predicted octanol–water partition coefficient (Wildman–Crippen LogP) is 0.840. The van der Waals surface area contributed by atoms with E-state index in [1.165, 1.54) is 79.8 Å². The number of aliphatic carboxylic acids is 1. The van der Waals surface area contributed by atoms with Gasteiger partial charge >= 0.3 is 5.97 Å². The molecule has 0 saturated carbocycles. The largest absolute Gasteiger partial charge is 0.508 e. The van der Waals surface area contributed by atoms with Crippen LogP contribution in [0.5, 0.6) is 34.5 Å². The molecule has 8 rings (SSSR count). The van der Waals surface area contributed by atoms with Crippen LogP contribution < -0.4 is 47.1 Å². The molecule has 4 aromatic carbocycles. The smallest absolute Gasteiger partial charge is 0.329 e. The lowest BCUT2D eigenvalue weighted by Gasteiger charge is -2.30. The fraction of sp³-hybridized carbons (Fsp3) is 0.311. The zero-order valence-electron chi connectivity index (χ0n) is 35.7. The highest BCUT2D eigenvalue weighted by atomic mass is 16.5. The number of aromatic hydroxyl groups is 2. The number of benzene rings is 4. The maximum atomic E-state index is 14.8. The number of carbonyl (C=O) groups is 7. The van der Waals surface area contributed by atoms with Crippen molar-refractivity contribution < 1.29 is 68.6 Å². The van der Waals surface area contributed by atoms with Crippen LogP contribution in [0.25, 0.3) is 0 Å². The highest BCUT2D eigenvalue weighted by Crippen LogP contribution is 2.44. The van der Waals surface area contributed by atoms with Gasteiger partial charge in [0.15, 0.2) is 17.5 Å². The number of amides is 6. The average Bonchev–Trinajstić information content (AvgIpc) is 3.27. The lowest BCUT2D eigenvalue weighted by molar-refractivity contribution is -0.146. The summed E-state index contributed by atoms with van der Waals surface area (Å²) in [5, 5.41) is 69.6. The summed E-state index contributed by atoms with van der Waals surface area (Å²) in [6.45, 7) is 3.75. The molecule has 7 bridgehead atoms. The van der Waals surface area contributed by atoms with Gasteiger partial charge in [-0.2, -0.15) is 0 Å². The molecule has 8 unspecified atom stereocenters. The second-order valence-corrected chi connectivity index (χ2v) is 16.1. The molecular formula is C45H49N7O14. The maximum absolute atomic E-state index is 14.8. The van der Waals surface area contributed by atoms with Crippen LogP contribution in [0.15, 0.2) is 84.9 Å². The normalized spacial score (nSPS) is 22.8. The summed E-state index contributed by atoms with van der Waals surface area (Å²) in [6, 6.07) is 7.64. The van der Waals surface area contributed by atoms with E-state index in [4.69, 9.17) is 15.2 Å². The number of nitrogens with two attached hydrogens (primary N) is 1. The van der Waals surface area contributed by atoms with Gasteiger partial charge in [-0.15, -0.1) is 0 Å². The number of phenols is 2. The topological polar surface area (TPSA) is 337 Å². The Morgan fingerprint density at radius 3 is 1.70 bits per heavy atom. The Bertz CT molecular complexity index is 2480. The van der Waals surface area contributed by atoms with Gasteiger partial charge in [0.1, 0.15) is 53.6 Å². The summed E-state index contributed by atoms with van der Waals surface area (Å²) in [5.74, 6) is -9.66. The number of fused-ring (bicyclic) bond motifs is 16. The Hall–Kier alpha value is -7.75. The van der Waals surface area contributed by atoms with Crippen LogP contribution in [0.4, 0.5) is 0 Å². The molecule has 0 saturated heterocycles. The molecule has 4 aliphatic heterocycles. The van der Waals surface area contributed by atoms with Crippen LogP contribution in [0, 0.1) is 5.92 Å². The Morgan fingerprint density at radius 2 is 1.18 bits per heavy atom. The first kappa shape index (κ1) is 47.7. The third-order valence-corrected chi connectivity index (χ3v) is 10.8. The van der Waals surface area contributed by atoms with Gasteiger partial charge < -0.3 is 72.6 Å². The molecule has 0 spiro atoms. The van der Waals surface area contributed by atoms with Crippen molar-refractivity contribution in [3.63, 3.8) is 0 Å². The van der Waals surface area contributed by atoms with Crippen molar-refractivity contribution in [2.24, 2.45) is 11.7 Å². The number of aliphatic hydroxyl groups is 2. The third kappa shape index (κ3) is 11.1. The van der Waals surface area contributed by atoms with Crippen LogP contribution in [-0.4, -0.2) is 98.2 Å². The highest BCUT2D eigenvalue weighted by molar-refractivity contribution is 5.99. The van der Waals surface area contributed by atoms with Crippen LogP contribution in [0.1, 0.15) is 73.2 Å². The number of hydrogen-bond acceptors (Lipinski definition) is 14. The first-order chi connectivity index (χ1) is 31.3. The molecular weight excluding hydrogens is 863 g/mol. The summed E-state index contributed by atoms with van der Waals surface area (Å²) >= 11 is 0. The van der Waals surface area contributed by atoms with Gasteiger partial charge in [-0.3, -0.25) is 28.8 Å². The predicted molar refractivity (Wildman–Crippen MR) is 230 cm³/mol. The first-order valence-electron chi connectivity index (χ1n) is 20.6. The van der Waals surface area contributed by atoms with E-state index in [9.17, 15) is 59.1 Å². The zero-order valence-corrected chi connectivity index (χ0v) is 35.7. The van der Waals surface area contributed by atoms with Crippen molar-refractivity contribution in [3.8, 4) is 34.5 Å². The van der Waals surface area contributed by atoms with Crippen molar-refractivity contribution in [3.05, 3.63) is 107 Å². The number of carboxylic acids is 1. The van der Waals surface area contributed by atoms with Gasteiger partial charge in [0.25, 0.3) is 0 Å². The average molecular weight is 912 g/mol. The molecule has 4 aliphatic rings. The van der Waals surface area contributed by atoms with Gasteiger partial charge in [-0.1, -0.05) is 50.2 Å². The number of likely N-dealkylation sites (N-methyl/N-ethyl adjacent to an activating group) is 1. The van der Waals surface area contributed by atoms with E-state index in [0.717, 1.165) is 12.1 Å². The van der Waals surface area contributed by atoms with E-state index in [1.54, 1.807) is 0 Å². The van der Waals surface area contributed by atoms with Crippen LogP contribution in [0.2, 0.25) is 0 Å². The Balaban J connectivity index is 1.54. The number of aliphatic hydroxyl groups excluding tert-OH is 2. The van der Waals surface area contributed by atoms with Gasteiger partial charge in [-0.25, -0.2) is 4.79 Å². The standard InChI is InChI=1S/C45H49N7O14/c1-20(2)16-28(47-3)40(58)51-35-37(55)22-6-12-26(13-7-22)65-30-17-24-18-31(39(30)57)66-27-14-8-23(9-15-27)38(56)36(45(63)64)52-42(60)33(21-4-10-25(53)11-5-21)50-43(61)34(24)49-41(59)29(19-32(46)54)48-44(35)62/h4-15,17-18,20,28-29,33-38,47,53,55-57H,16,19H2,1-3H3,(H2,46,54)(H,48,62)(H,49,59)(H,50,61)(H,51,58)(H,52,60)(H,63,64). The number of primary amides is 1. The van der Waals surface area contributed by atoms with Crippen molar-refractivity contribution in [2.45, 2.75) is 75.1 Å². The van der Waals surface area contributed by atoms with Crippen LogP contribution in [0.3, 0.4) is 0 Å². The lowest BCUT2D eigenvalue weighted by Crippen LogP contribution is -2.59. The molecule has 4 heterocycles. The summed E-state index contributed by atoms with van der Waals surface area (Å²) < 4.78 is 12.1. The number of phenolic OH excluding ortho intramolecular Hbond substituents is 2. The second-order valence-electron chi connectivity index (χ2n) is 16.1. The minimum atomic E-state index is -1.99. The zero-order chi connectivity index (χ0) is 48.0. The molecule has 0 aliphatic carbocycles. The summed E-state index contributed by atoms with van der Waals surface area (Å²) in [6.07, 6.45) is -4.18. The van der Waals surface area contributed by atoms with E-state index in [0.29, 0.717) is 6.42 Å². The molecule has 4 aromatic rings. The van der Waals surface area contributed by atoms with E-state index in [2.05, 4.69) is 31.9 Å². The lowest BCUT2D eigenvalue weighted by atomic mass is 9.98. The number of ether oxygens (including phenoxy) is 2. The Morgan fingerprint density at radius 1 is 0.682 bits per heavy atom. The molecule has 0 radical (unpaired) electrons. The maximum Gasteiger partial charge on any atom is 0.329 e. The van der Waals surface area contributed by atoms with Gasteiger partial charge in [0.05, 0.1) is 12.5 Å². The molecule has 21 heteroatoms. The summed E-state index contributed by atoms with van der Waals surface area (Å²) in [4.78, 5) is 96.1. The molecule has 0 fully saturated rings. The molecule has 0 aromatic heterocycles. The minimum absolute atomic E-state index is 0.0103. The molecule has 348 valence electrons. The molecule has 21 nitrogen and oxygen atoms in total. The number of rotatable bonds is 9. The third-order valence-electron chi connectivity index (χ3n) is 10.8. The van der Waals surface area contributed by atoms with Gasteiger partial charge in [-0.05, 0) is 90.2 Å². The molecule has 8 atom stereocenters.